The highest BCUT2D eigenvalue weighted by molar-refractivity contribution is 5.43. The molecule has 0 bridgehead atoms. The molecule has 0 saturated heterocycles. The Bertz CT molecular complexity index is 468. The second-order valence-electron chi connectivity index (χ2n) is 3.92. The van der Waals surface area contributed by atoms with E-state index in [0.717, 1.165) is 5.75 Å². The fourth-order valence-corrected chi connectivity index (χ4v) is 1.52. The summed E-state index contributed by atoms with van der Waals surface area (Å²) < 4.78 is 5.60. The van der Waals surface area contributed by atoms with Crippen LogP contribution >= 0.6 is 0 Å². The molecule has 0 unspecified atom stereocenters. The number of nitrogens with two attached hydrogens (primary N) is 1. The number of aryl methyl sites for hydroxylation is 1. The van der Waals surface area contributed by atoms with Crippen LogP contribution in [0.4, 0.5) is 11.6 Å². The molecule has 0 fully saturated rings. The fourth-order valence-electron chi connectivity index (χ4n) is 1.52. The van der Waals surface area contributed by atoms with Crippen molar-refractivity contribution in [2.45, 2.75) is 6.92 Å². The van der Waals surface area contributed by atoms with E-state index in [1.165, 1.54) is 11.9 Å². The summed E-state index contributed by atoms with van der Waals surface area (Å²) in [5, 5.41) is 3.11. The van der Waals surface area contributed by atoms with Crippen molar-refractivity contribution in [3.63, 3.8) is 0 Å². The highest BCUT2D eigenvalue weighted by Gasteiger charge is 1.96. The van der Waals surface area contributed by atoms with Gasteiger partial charge in [0.15, 0.2) is 0 Å². The molecule has 5 nitrogen and oxygen atoms in total. The molecule has 1 aromatic heterocycles. The number of nitrogens with zero attached hydrogens (tertiary/aromatic N) is 2. The van der Waals surface area contributed by atoms with Crippen LogP contribution in [0.2, 0.25) is 0 Å². The van der Waals surface area contributed by atoms with Crippen molar-refractivity contribution in [1.29, 1.82) is 0 Å². The van der Waals surface area contributed by atoms with Gasteiger partial charge in [0.1, 0.15) is 30.3 Å². The predicted molar refractivity (Wildman–Crippen MR) is 71.6 cm³/mol. The van der Waals surface area contributed by atoms with E-state index >= 15 is 0 Å². The lowest BCUT2D eigenvalue weighted by Gasteiger charge is -2.08. The van der Waals surface area contributed by atoms with Gasteiger partial charge < -0.3 is 15.8 Å². The third-order valence-corrected chi connectivity index (χ3v) is 2.35. The van der Waals surface area contributed by atoms with Crippen LogP contribution in [0.5, 0.6) is 5.75 Å². The van der Waals surface area contributed by atoms with Crippen LogP contribution in [-0.4, -0.2) is 23.1 Å². The Labute approximate surface area is 106 Å². The number of nitrogens with one attached hydrogen (secondary N) is 1. The standard InChI is InChI=1S/C13H16N4O/c1-10-3-2-4-11(7-10)18-6-5-15-13-8-12(14)16-9-17-13/h2-4,7-9H,5-6H2,1H3,(H3,14,15,16,17). The van der Waals surface area contributed by atoms with Gasteiger partial charge in [0.25, 0.3) is 0 Å². The maximum Gasteiger partial charge on any atom is 0.131 e. The van der Waals surface area contributed by atoms with Gasteiger partial charge in [0.2, 0.25) is 0 Å². The first-order valence-corrected chi connectivity index (χ1v) is 5.75. The molecule has 2 rings (SSSR count). The molecule has 94 valence electrons. The van der Waals surface area contributed by atoms with E-state index in [1.54, 1.807) is 6.07 Å². The average molecular weight is 244 g/mol. The van der Waals surface area contributed by atoms with Crippen LogP contribution in [0.15, 0.2) is 36.7 Å². The average Bonchev–Trinajstić information content (AvgIpc) is 2.35. The van der Waals surface area contributed by atoms with E-state index < -0.39 is 0 Å². The summed E-state index contributed by atoms with van der Waals surface area (Å²) in [5.74, 6) is 2.03. The Balaban J connectivity index is 1.76. The number of anilines is 2. The Morgan fingerprint density at radius 1 is 1.28 bits per heavy atom. The number of ether oxygens (including phenoxy) is 1. The summed E-state index contributed by atoms with van der Waals surface area (Å²) in [6.07, 6.45) is 1.43. The zero-order chi connectivity index (χ0) is 12.8. The molecule has 0 saturated carbocycles. The second kappa shape index (κ2) is 5.86. The van der Waals surface area contributed by atoms with Gasteiger partial charge in [0.05, 0.1) is 6.54 Å². The molecule has 1 heterocycles. The summed E-state index contributed by atoms with van der Waals surface area (Å²) in [6.45, 7) is 3.26. The van der Waals surface area contributed by atoms with Gasteiger partial charge in [-0.25, -0.2) is 9.97 Å². The molecule has 18 heavy (non-hydrogen) atoms. The molecule has 0 aliphatic carbocycles. The number of nitrogen functional groups attached to an aromatic ring is 1. The van der Waals surface area contributed by atoms with Crippen LogP contribution in [0.3, 0.4) is 0 Å². The zero-order valence-corrected chi connectivity index (χ0v) is 10.3. The summed E-state index contributed by atoms with van der Waals surface area (Å²) >= 11 is 0. The topological polar surface area (TPSA) is 73.1 Å². The Morgan fingerprint density at radius 2 is 2.17 bits per heavy atom. The lowest BCUT2D eigenvalue weighted by molar-refractivity contribution is 0.332. The smallest absolute Gasteiger partial charge is 0.131 e. The quantitative estimate of drug-likeness (QED) is 0.785. The molecule has 0 aliphatic heterocycles. The lowest BCUT2D eigenvalue weighted by Crippen LogP contribution is -2.12. The van der Waals surface area contributed by atoms with Crippen molar-refractivity contribution >= 4 is 11.6 Å². The van der Waals surface area contributed by atoms with Crippen LogP contribution in [0.1, 0.15) is 5.56 Å². The van der Waals surface area contributed by atoms with Crippen molar-refractivity contribution in [3.05, 3.63) is 42.2 Å². The summed E-state index contributed by atoms with van der Waals surface area (Å²) in [6, 6.07) is 9.64. The Kier molecular flexibility index (Phi) is 3.96. The molecule has 1 aromatic carbocycles. The van der Waals surface area contributed by atoms with Crippen molar-refractivity contribution in [2.24, 2.45) is 0 Å². The van der Waals surface area contributed by atoms with Crippen LogP contribution in [0, 0.1) is 6.92 Å². The first-order valence-electron chi connectivity index (χ1n) is 5.75. The van der Waals surface area contributed by atoms with Crippen molar-refractivity contribution in [1.82, 2.24) is 9.97 Å². The number of benzene rings is 1. The van der Waals surface area contributed by atoms with Crippen molar-refractivity contribution < 1.29 is 4.74 Å². The van der Waals surface area contributed by atoms with Crippen molar-refractivity contribution in [2.75, 3.05) is 24.2 Å². The largest absolute Gasteiger partial charge is 0.492 e. The minimum Gasteiger partial charge on any atom is -0.492 e. The molecule has 2 aromatic rings. The summed E-state index contributed by atoms with van der Waals surface area (Å²) in [5.41, 5.74) is 6.73. The van der Waals surface area contributed by atoms with Crippen LogP contribution < -0.4 is 15.8 Å². The second-order valence-corrected chi connectivity index (χ2v) is 3.92. The Morgan fingerprint density at radius 3 is 2.94 bits per heavy atom. The van der Waals surface area contributed by atoms with E-state index in [4.69, 9.17) is 10.5 Å². The minimum atomic E-state index is 0.451. The highest BCUT2D eigenvalue weighted by atomic mass is 16.5. The lowest BCUT2D eigenvalue weighted by atomic mass is 10.2. The molecule has 0 aliphatic rings. The van der Waals surface area contributed by atoms with E-state index in [9.17, 15) is 0 Å². The predicted octanol–water partition coefficient (Wildman–Crippen LogP) is 1.86. The number of hydrogen-bond donors (Lipinski definition) is 2. The molecular formula is C13H16N4O. The van der Waals surface area contributed by atoms with Gasteiger partial charge in [-0.2, -0.15) is 0 Å². The third kappa shape index (κ3) is 3.62. The third-order valence-electron chi connectivity index (χ3n) is 2.35. The van der Waals surface area contributed by atoms with Gasteiger partial charge in [-0.05, 0) is 24.6 Å². The van der Waals surface area contributed by atoms with Gasteiger partial charge in [-0.1, -0.05) is 12.1 Å². The van der Waals surface area contributed by atoms with E-state index in [2.05, 4.69) is 15.3 Å². The fraction of sp³-hybridized carbons (Fsp3) is 0.231. The van der Waals surface area contributed by atoms with Crippen LogP contribution in [0.25, 0.3) is 0 Å². The molecule has 0 spiro atoms. The zero-order valence-electron chi connectivity index (χ0n) is 10.3. The van der Waals surface area contributed by atoms with E-state index in [1.807, 2.05) is 31.2 Å². The Hall–Kier alpha value is -2.30. The molecule has 5 heteroatoms. The summed E-state index contributed by atoms with van der Waals surface area (Å²) in [4.78, 5) is 7.86. The number of aromatic nitrogens is 2. The van der Waals surface area contributed by atoms with Gasteiger partial charge in [-0.3, -0.25) is 0 Å². The van der Waals surface area contributed by atoms with Gasteiger partial charge in [-0.15, -0.1) is 0 Å². The monoisotopic (exact) mass is 244 g/mol. The molecule has 0 amide bonds. The number of hydrogen-bond acceptors (Lipinski definition) is 5. The maximum atomic E-state index is 5.60. The summed E-state index contributed by atoms with van der Waals surface area (Å²) in [7, 11) is 0. The molecular weight excluding hydrogens is 228 g/mol. The first kappa shape index (κ1) is 12.2. The normalized spacial score (nSPS) is 10.1. The first-order chi connectivity index (χ1) is 8.74. The number of rotatable bonds is 5. The van der Waals surface area contributed by atoms with Crippen molar-refractivity contribution in [3.8, 4) is 5.75 Å². The molecule has 0 radical (unpaired) electrons. The minimum absolute atomic E-state index is 0.451. The van der Waals surface area contributed by atoms with Gasteiger partial charge in [0, 0.05) is 6.07 Å². The molecule has 0 atom stereocenters. The SMILES string of the molecule is Cc1cccc(OCCNc2cc(N)ncn2)c1. The highest BCUT2D eigenvalue weighted by Crippen LogP contribution is 2.12. The van der Waals surface area contributed by atoms with Gasteiger partial charge >= 0.3 is 0 Å². The van der Waals surface area contributed by atoms with E-state index in [0.29, 0.717) is 24.8 Å². The molecule has 3 N–H and O–H groups in total. The van der Waals surface area contributed by atoms with Crippen LogP contribution in [-0.2, 0) is 0 Å². The maximum absolute atomic E-state index is 5.60. The van der Waals surface area contributed by atoms with E-state index in [-0.39, 0.29) is 0 Å².